The lowest BCUT2D eigenvalue weighted by Gasteiger charge is -2.07. The van der Waals surface area contributed by atoms with E-state index in [1.165, 1.54) is 19.1 Å². The van der Waals surface area contributed by atoms with Gasteiger partial charge in [-0.2, -0.15) is 0 Å². The van der Waals surface area contributed by atoms with Crippen LogP contribution in [0.1, 0.15) is 27.9 Å². The van der Waals surface area contributed by atoms with Crippen molar-refractivity contribution in [2.75, 3.05) is 10.6 Å². The Kier molecular flexibility index (Phi) is 3.95. The molecule has 102 valence electrons. The molecular formula is C14H13N3O3. The summed E-state index contributed by atoms with van der Waals surface area (Å²) in [5, 5.41) is 5.30. The predicted molar refractivity (Wildman–Crippen MR) is 74.9 cm³/mol. The lowest BCUT2D eigenvalue weighted by Crippen LogP contribution is -2.13. The van der Waals surface area contributed by atoms with Gasteiger partial charge in [-0.3, -0.25) is 14.4 Å². The number of aldehydes is 1. The Morgan fingerprint density at radius 1 is 1.10 bits per heavy atom. The maximum absolute atomic E-state index is 11.9. The van der Waals surface area contributed by atoms with Crippen molar-refractivity contribution >= 4 is 29.5 Å². The van der Waals surface area contributed by atoms with Crippen molar-refractivity contribution in [1.29, 1.82) is 0 Å². The van der Waals surface area contributed by atoms with Crippen LogP contribution in [0.5, 0.6) is 0 Å². The normalized spacial score (nSPS) is 9.85. The molecule has 0 fully saturated rings. The van der Waals surface area contributed by atoms with Gasteiger partial charge >= 0.3 is 0 Å². The first-order chi connectivity index (χ1) is 9.58. The monoisotopic (exact) mass is 271 g/mol. The number of anilines is 2. The van der Waals surface area contributed by atoms with Crippen LogP contribution in [0.15, 0.2) is 36.4 Å². The molecule has 0 spiro atoms. The molecule has 0 atom stereocenters. The minimum atomic E-state index is -0.363. The summed E-state index contributed by atoms with van der Waals surface area (Å²) < 4.78 is 0. The molecular weight excluding hydrogens is 258 g/mol. The Labute approximate surface area is 115 Å². The maximum Gasteiger partial charge on any atom is 0.272 e. The Balaban J connectivity index is 2.11. The van der Waals surface area contributed by atoms with E-state index in [1.807, 2.05) is 0 Å². The second-order valence-corrected chi connectivity index (χ2v) is 4.16. The van der Waals surface area contributed by atoms with Crippen LogP contribution in [0.25, 0.3) is 0 Å². The zero-order chi connectivity index (χ0) is 14.5. The molecule has 1 heterocycles. The van der Waals surface area contributed by atoms with Crippen LogP contribution in [0, 0.1) is 0 Å². The standard InChI is InChI=1S/C14H13N3O3/c1-9(19)15-10-3-2-4-11(7-10)17-14(20)13-6-5-12(8-18)16-13/h2-8,16H,1H3,(H,15,19)(H,17,20). The summed E-state index contributed by atoms with van der Waals surface area (Å²) in [4.78, 5) is 36.1. The van der Waals surface area contributed by atoms with E-state index in [-0.39, 0.29) is 17.5 Å². The average molecular weight is 271 g/mol. The molecule has 2 rings (SSSR count). The molecule has 0 aliphatic heterocycles. The highest BCUT2D eigenvalue weighted by atomic mass is 16.2. The first kappa shape index (κ1) is 13.5. The third kappa shape index (κ3) is 3.32. The molecule has 0 radical (unpaired) electrons. The average Bonchev–Trinajstić information content (AvgIpc) is 2.87. The quantitative estimate of drug-likeness (QED) is 0.743. The van der Waals surface area contributed by atoms with Gasteiger partial charge in [0, 0.05) is 18.3 Å². The highest BCUT2D eigenvalue weighted by Gasteiger charge is 2.08. The number of rotatable bonds is 4. The fraction of sp³-hybridized carbons (Fsp3) is 0.0714. The van der Waals surface area contributed by atoms with E-state index in [2.05, 4.69) is 15.6 Å². The first-order valence-corrected chi connectivity index (χ1v) is 5.91. The van der Waals surface area contributed by atoms with Crippen molar-refractivity contribution in [3.8, 4) is 0 Å². The van der Waals surface area contributed by atoms with Gasteiger partial charge in [-0.15, -0.1) is 0 Å². The van der Waals surface area contributed by atoms with Gasteiger partial charge in [0.25, 0.3) is 5.91 Å². The first-order valence-electron chi connectivity index (χ1n) is 5.91. The summed E-state index contributed by atoms with van der Waals surface area (Å²) in [6.07, 6.45) is 0.633. The Morgan fingerprint density at radius 2 is 1.80 bits per heavy atom. The van der Waals surface area contributed by atoms with Crippen molar-refractivity contribution in [1.82, 2.24) is 4.98 Å². The van der Waals surface area contributed by atoms with Gasteiger partial charge in [0.15, 0.2) is 6.29 Å². The van der Waals surface area contributed by atoms with Crippen LogP contribution in [0.4, 0.5) is 11.4 Å². The van der Waals surface area contributed by atoms with E-state index in [4.69, 9.17) is 0 Å². The van der Waals surface area contributed by atoms with Gasteiger partial charge in [-0.05, 0) is 30.3 Å². The molecule has 3 N–H and O–H groups in total. The summed E-state index contributed by atoms with van der Waals surface area (Å²) in [5.74, 6) is -0.549. The molecule has 0 unspecified atom stereocenters. The summed E-state index contributed by atoms with van der Waals surface area (Å²) in [5.41, 5.74) is 1.76. The zero-order valence-corrected chi connectivity index (χ0v) is 10.8. The van der Waals surface area contributed by atoms with Gasteiger partial charge in [-0.25, -0.2) is 0 Å². The van der Waals surface area contributed by atoms with Crippen LogP contribution >= 0.6 is 0 Å². The van der Waals surface area contributed by atoms with Gasteiger partial charge in [0.2, 0.25) is 5.91 Å². The van der Waals surface area contributed by atoms with Crippen LogP contribution in [0.3, 0.4) is 0 Å². The largest absolute Gasteiger partial charge is 0.348 e. The van der Waals surface area contributed by atoms with E-state index in [1.54, 1.807) is 24.3 Å². The number of hydrogen-bond donors (Lipinski definition) is 3. The zero-order valence-electron chi connectivity index (χ0n) is 10.8. The fourth-order valence-electron chi connectivity index (χ4n) is 1.69. The lowest BCUT2D eigenvalue weighted by atomic mass is 10.2. The molecule has 0 aliphatic rings. The topological polar surface area (TPSA) is 91.1 Å². The summed E-state index contributed by atoms with van der Waals surface area (Å²) >= 11 is 0. The minimum Gasteiger partial charge on any atom is -0.348 e. The Hall–Kier alpha value is -2.89. The number of benzene rings is 1. The second kappa shape index (κ2) is 5.83. The highest BCUT2D eigenvalue weighted by molar-refractivity contribution is 6.04. The summed E-state index contributed by atoms with van der Waals surface area (Å²) in [6, 6.07) is 9.82. The number of carbonyl (C=O) groups excluding carboxylic acids is 3. The van der Waals surface area contributed by atoms with E-state index in [0.717, 1.165) is 0 Å². The van der Waals surface area contributed by atoms with E-state index < -0.39 is 0 Å². The van der Waals surface area contributed by atoms with E-state index in [9.17, 15) is 14.4 Å². The highest BCUT2D eigenvalue weighted by Crippen LogP contribution is 2.16. The lowest BCUT2D eigenvalue weighted by molar-refractivity contribution is -0.114. The smallest absolute Gasteiger partial charge is 0.272 e. The second-order valence-electron chi connectivity index (χ2n) is 4.16. The van der Waals surface area contributed by atoms with Crippen LogP contribution in [-0.2, 0) is 4.79 Å². The summed E-state index contributed by atoms with van der Waals surface area (Å²) in [7, 11) is 0. The van der Waals surface area contributed by atoms with Crippen LogP contribution in [-0.4, -0.2) is 23.1 Å². The summed E-state index contributed by atoms with van der Waals surface area (Å²) in [6.45, 7) is 1.41. The molecule has 20 heavy (non-hydrogen) atoms. The number of aromatic amines is 1. The molecule has 6 heteroatoms. The third-order valence-corrected chi connectivity index (χ3v) is 2.52. The Bertz CT molecular complexity index is 661. The van der Waals surface area contributed by atoms with Crippen molar-refractivity contribution in [3.63, 3.8) is 0 Å². The number of aromatic nitrogens is 1. The number of amides is 2. The molecule has 2 amide bonds. The molecule has 1 aromatic carbocycles. The van der Waals surface area contributed by atoms with Gasteiger partial charge in [-0.1, -0.05) is 6.07 Å². The van der Waals surface area contributed by atoms with Gasteiger partial charge < -0.3 is 15.6 Å². The molecule has 1 aromatic heterocycles. The number of nitrogens with one attached hydrogen (secondary N) is 3. The van der Waals surface area contributed by atoms with Crippen LogP contribution in [0.2, 0.25) is 0 Å². The molecule has 2 aromatic rings. The minimum absolute atomic E-state index is 0.187. The van der Waals surface area contributed by atoms with Crippen LogP contribution < -0.4 is 10.6 Å². The predicted octanol–water partition coefficient (Wildman–Crippen LogP) is 2.04. The SMILES string of the molecule is CC(=O)Nc1cccc(NC(=O)c2ccc(C=O)[nH]2)c1. The third-order valence-electron chi connectivity index (χ3n) is 2.52. The molecule has 0 aliphatic carbocycles. The maximum atomic E-state index is 11.9. The van der Waals surface area contributed by atoms with Gasteiger partial charge in [0.1, 0.15) is 5.69 Å². The van der Waals surface area contributed by atoms with Gasteiger partial charge in [0.05, 0.1) is 5.69 Å². The van der Waals surface area contributed by atoms with Crippen molar-refractivity contribution in [3.05, 3.63) is 47.8 Å². The number of H-pyrrole nitrogens is 1. The fourth-order valence-corrected chi connectivity index (χ4v) is 1.69. The van der Waals surface area contributed by atoms with Crippen molar-refractivity contribution in [2.24, 2.45) is 0 Å². The van der Waals surface area contributed by atoms with Crippen molar-refractivity contribution in [2.45, 2.75) is 6.92 Å². The molecule has 0 bridgehead atoms. The van der Waals surface area contributed by atoms with E-state index >= 15 is 0 Å². The molecule has 0 saturated heterocycles. The molecule has 0 saturated carbocycles. The van der Waals surface area contributed by atoms with E-state index in [0.29, 0.717) is 23.4 Å². The number of hydrogen-bond acceptors (Lipinski definition) is 3. The Morgan fingerprint density at radius 3 is 2.40 bits per heavy atom. The number of carbonyl (C=O) groups is 3. The van der Waals surface area contributed by atoms with Crippen molar-refractivity contribution < 1.29 is 14.4 Å². The molecule has 6 nitrogen and oxygen atoms in total.